The number of fused-ring (bicyclic) bond motifs is 1. The summed E-state index contributed by atoms with van der Waals surface area (Å²) in [6, 6.07) is 14.1. The Morgan fingerprint density at radius 1 is 1.17 bits per heavy atom. The van der Waals surface area contributed by atoms with Crippen molar-refractivity contribution in [3.63, 3.8) is 0 Å². The normalized spacial score (nSPS) is 14.8. The summed E-state index contributed by atoms with van der Waals surface area (Å²) < 4.78 is 24.0. The van der Waals surface area contributed by atoms with E-state index in [1.165, 1.54) is 17.7 Å². The minimum absolute atomic E-state index is 0.160. The van der Waals surface area contributed by atoms with Crippen LogP contribution in [0.4, 0.5) is 5.69 Å². The number of thiazole rings is 1. The molecule has 2 aromatic heterocycles. The molecule has 0 saturated heterocycles. The van der Waals surface area contributed by atoms with Gasteiger partial charge >= 0.3 is 5.97 Å². The molecule has 3 heterocycles. The molecule has 0 aliphatic carbocycles. The highest BCUT2D eigenvalue weighted by atomic mass is 32.1. The van der Waals surface area contributed by atoms with E-state index in [9.17, 15) is 19.7 Å². The lowest BCUT2D eigenvalue weighted by Crippen LogP contribution is -2.40. The minimum atomic E-state index is -0.834. The Bertz CT molecular complexity index is 1900. The number of carbonyl (C=O) groups is 1. The number of aromatic nitrogens is 1. The fraction of sp³-hybridized carbons (Fsp3) is 0.233. The summed E-state index contributed by atoms with van der Waals surface area (Å²) in [5, 5.41) is 11.7. The highest BCUT2D eigenvalue weighted by Crippen LogP contribution is 2.36. The standard InChI is InChI=1S/C30H27N3O8S/c1-5-39-23-10-8-7-9-21(23)27-26(29(35)40-6-2)17(3)31-30-32(27)28(34)25(42-30)16-19-12-14-24(41-19)20-13-11-18(38-4)15-22(20)33(36)37/h7-16,27H,5-6H2,1-4H3/b25-16-/t27-/m1/s1. The lowest BCUT2D eigenvalue weighted by atomic mass is 9.95. The summed E-state index contributed by atoms with van der Waals surface area (Å²) in [6.45, 7) is 5.83. The average molecular weight is 590 g/mol. The summed E-state index contributed by atoms with van der Waals surface area (Å²) in [5.74, 6) is 0.880. The molecule has 0 amide bonds. The molecule has 0 bridgehead atoms. The minimum Gasteiger partial charge on any atom is -0.497 e. The maximum absolute atomic E-state index is 13.9. The fourth-order valence-electron chi connectivity index (χ4n) is 4.78. The van der Waals surface area contributed by atoms with Crippen LogP contribution in [0.1, 0.15) is 38.1 Å². The first-order chi connectivity index (χ1) is 20.3. The molecule has 1 atom stereocenters. The van der Waals surface area contributed by atoms with Gasteiger partial charge in [-0.2, -0.15) is 0 Å². The highest BCUT2D eigenvalue weighted by Gasteiger charge is 2.35. The van der Waals surface area contributed by atoms with Gasteiger partial charge in [-0.15, -0.1) is 0 Å². The summed E-state index contributed by atoms with van der Waals surface area (Å²) in [4.78, 5) is 43.2. The molecule has 42 heavy (non-hydrogen) atoms. The van der Waals surface area contributed by atoms with Gasteiger partial charge in [-0.3, -0.25) is 19.5 Å². The van der Waals surface area contributed by atoms with Crippen LogP contribution < -0.4 is 24.4 Å². The van der Waals surface area contributed by atoms with Crippen molar-refractivity contribution in [2.75, 3.05) is 20.3 Å². The Hall–Kier alpha value is -4.97. The van der Waals surface area contributed by atoms with Gasteiger partial charge in [0.2, 0.25) is 0 Å². The zero-order chi connectivity index (χ0) is 30.0. The van der Waals surface area contributed by atoms with Crippen LogP contribution in [0.2, 0.25) is 0 Å². The van der Waals surface area contributed by atoms with Gasteiger partial charge in [0.05, 0.1) is 52.7 Å². The van der Waals surface area contributed by atoms with Crippen molar-refractivity contribution >= 4 is 29.1 Å². The van der Waals surface area contributed by atoms with E-state index in [1.54, 1.807) is 50.3 Å². The lowest BCUT2D eigenvalue weighted by molar-refractivity contribution is -0.384. The maximum atomic E-state index is 13.9. The molecular weight excluding hydrogens is 562 g/mol. The third-order valence-corrected chi connectivity index (χ3v) is 7.58. The van der Waals surface area contributed by atoms with E-state index >= 15 is 0 Å². The second-order valence-electron chi connectivity index (χ2n) is 9.12. The predicted molar refractivity (Wildman–Crippen MR) is 155 cm³/mol. The van der Waals surface area contributed by atoms with Gasteiger partial charge < -0.3 is 18.6 Å². The Balaban J connectivity index is 1.65. The molecule has 0 fully saturated rings. The first-order valence-electron chi connectivity index (χ1n) is 13.1. The lowest BCUT2D eigenvalue weighted by Gasteiger charge is -2.26. The van der Waals surface area contributed by atoms with E-state index < -0.39 is 22.5 Å². The van der Waals surface area contributed by atoms with Gasteiger partial charge in [-0.05, 0) is 51.1 Å². The van der Waals surface area contributed by atoms with Crippen LogP contribution in [0.3, 0.4) is 0 Å². The predicted octanol–water partition coefficient (Wildman–Crippen LogP) is 4.37. The van der Waals surface area contributed by atoms with Crippen molar-refractivity contribution in [1.82, 2.24) is 4.57 Å². The highest BCUT2D eigenvalue weighted by molar-refractivity contribution is 7.07. The molecule has 216 valence electrons. The second kappa shape index (κ2) is 11.9. The molecule has 5 rings (SSSR count). The van der Waals surface area contributed by atoms with Crippen molar-refractivity contribution in [2.45, 2.75) is 26.8 Å². The van der Waals surface area contributed by atoms with E-state index in [0.29, 0.717) is 44.5 Å². The van der Waals surface area contributed by atoms with Gasteiger partial charge in [-0.1, -0.05) is 29.5 Å². The molecule has 0 saturated carbocycles. The summed E-state index contributed by atoms with van der Waals surface area (Å²) in [7, 11) is 1.43. The van der Waals surface area contributed by atoms with Crippen LogP contribution in [-0.2, 0) is 9.53 Å². The fourth-order valence-corrected chi connectivity index (χ4v) is 5.81. The molecule has 1 aliphatic heterocycles. The van der Waals surface area contributed by atoms with Crippen LogP contribution in [0.5, 0.6) is 11.5 Å². The third-order valence-electron chi connectivity index (χ3n) is 6.60. The molecule has 1 aliphatic rings. The van der Waals surface area contributed by atoms with Crippen molar-refractivity contribution < 1.29 is 28.3 Å². The first-order valence-corrected chi connectivity index (χ1v) is 13.9. The number of benzene rings is 2. The van der Waals surface area contributed by atoms with Gasteiger partial charge in [0.15, 0.2) is 4.80 Å². The summed E-state index contributed by atoms with van der Waals surface area (Å²) >= 11 is 1.14. The largest absolute Gasteiger partial charge is 0.497 e. The molecule has 11 nitrogen and oxygen atoms in total. The zero-order valence-electron chi connectivity index (χ0n) is 23.3. The number of hydrogen-bond acceptors (Lipinski definition) is 10. The molecule has 0 unspecified atom stereocenters. The van der Waals surface area contributed by atoms with E-state index in [1.807, 2.05) is 25.1 Å². The Morgan fingerprint density at radius 2 is 1.95 bits per heavy atom. The molecule has 12 heteroatoms. The number of allylic oxidation sites excluding steroid dienone is 1. The van der Waals surface area contributed by atoms with Gasteiger partial charge in [-0.25, -0.2) is 9.79 Å². The Labute approximate surface area is 243 Å². The first kappa shape index (κ1) is 28.6. The number of nitro groups is 1. The number of carbonyl (C=O) groups excluding carboxylic acids is 1. The molecule has 2 aromatic carbocycles. The van der Waals surface area contributed by atoms with Crippen LogP contribution in [0.15, 0.2) is 80.1 Å². The summed E-state index contributed by atoms with van der Waals surface area (Å²) in [5.41, 5.74) is 1.00. The van der Waals surface area contributed by atoms with E-state index in [-0.39, 0.29) is 29.2 Å². The second-order valence-corrected chi connectivity index (χ2v) is 10.1. The zero-order valence-corrected chi connectivity index (χ0v) is 24.1. The number of methoxy groups -OCH3 is 1. The molecule has 0 spiro atoms. The maximum Gasteiger partial charge on any atom is 0.338 e. The topological polar surface area (TPSA) is 135 Å². The number of ether oxygens (including phenoxy) is 3. The number of esters is 1. The number of nitrogens with zero attached hydrogens (tertiary/aromatic N) is 3. The third kappa shape index (κ3) is 5.23. The van der Waals surface area contributed by atoms with Crippen molar-refractivity contribution in [2.24, 2.45) is 4.99 Å². The Morgan fingerprint density at radius 3 is 2.67 bits per heavy atom. The van der Waals surface area contributed by atoms with E-state index in [4.69, 9.17) is 18.6 Å². The van der Waals surface area contributed by atoms with Gasteiger partial charge in [0, 0.05) is 11.6 Å². The number of nitro benzene ring substituents is 1. The van der Waals surface area contributed by atoms with Gasteiger partial charge in [0.1, 0.15) is 29.1 Å². The molecule has 0 N–H and O–H groups in total. The van der Waals surface area contributed by atoms with Crippen molar-refractivity contribution in [3.05, 3.63) is 107 Å². The molecule has 4 aromatic rings. The number of rotatable bonds is 9. The number of para-hydroxylation sites is 1. The smallest absolute Gasteiger partial charge is 0.338 e. The number of furan rings is 1. The van der Waals surface area contributed by atoms with Crippen molar-refractivity contribution in [1.29, 1.82) is 0 Å². The van der Waals surface area contributed by atoms with Crippen molar-refractivity contribution in [3.8, 4) is 22.8 Å². The number of hydrogen-bond donors (Lipinski definition) is 0. The van der Waals surface area contributed by atoms with Crippen LogP contribution >= 0.6 is 11.3 Å². The molecular formula is C30H27N3O8S. The average Bonchev–Trinajstić information content (AvgIpc) is 3.56. The van der Waals surface area contributed by atoms with E-state index in [0.717, 1.165) is 11.3 Å². The monoisotopic (exact) mass is 589 g/mol. The van der Waals surface area contributed by atoms with Crippen LogP contribution in [0, 0.1) is 10.1 Å². The van der Waals surface area contributed by atoms with Crippen LogP contribution in [0.25, 0.3) is 17.4 Å². The van der Waals surface area contributed by atoms with Gasteiger partial charge in [0.25, 0.3) is 11.2 Å². The molecule has 0 radical (unpaired) electrons. The Kier molecular flexibility index (Phi) is 8.07. The quantitative estimate of drug-likeness (QED) is 0.160. The summed E-state index contributed by atoms with van der Waals surface area (Å²) in [6.07, 6.45) is 1.55. The SMILES string of the molecule is CCOC(=O)C1=C(C)N=c2s/c(=C\c3ccc(-c4ccc(OC)cc4[N+](=O)[O-])o3)c(=O)n2[C@@H]1c1ccccc1OCC. The van der Waals surface area contributed by atoms with Crippen LogP contribution in [-0.4, -0.2) is 35.8 Å². The van der Waals surface area contributed by atoms with E-state index in [2.05, 4.69) is 4.99 Å².